The Hall–Kier alpha value is -2.16. The Labute approximate surface area is 125 Å². The molecule has 0 spiro atoms. The second kappa shape index (κ2) is 7.58. The van der Waals surface area contributed by atoms with Crippen LogP contribution in [0.2, 0.25) is 0 Å². The quantitative estimate of drug-likeness (QED) is 0.460. The minimum absolute atomic E-state index is 0.114. The molecule has 0 radical (unpaired) electrons. The molecule has 8 nitrogen and oxygen atoms in total. The summed E-state index contributed by atoms with van der Waals surface area (Å²) in [5, 5.41) is 19.1. The maximum Gasteiger partial charge on any atom is 0.305 e. The van der Waals surface area contributed by atoms with Gasteiger partial charge >= 0.3 is 5.97 Å². The van der Waals surface area contributed by atoms with Crippen LogP contribution in [0.15, 0.2) is 23.4 Å². The Morgan fingerprint density at radius 1 is 1.52 bits per heavy atom. The van der Waals surface area contributed by atoms with Gasteiger partial charge in [-0.15, -0.1) is 0 Å². The topological polar surface area (TPSA) is 114 Å². The number of carboxylic acids is 1. The Balaban J connectivity index is 2.58. The SMILES string of the molecule is CC(Sc1ccc([N+](=O)[O-])cn1)C(=O)N(C)CCC(=O)O. The Kier molecular flexibility index (Phi) is 6.10. The van der Waals surface area contributed by atoms with E-state index in [0.717, 1.165) is 18.0 Å². The van der Waals surface area contributed by atoms with Crippen molar-refractivity contribution in [1.29, 1.82) is 0 Å². The number of carbonyl (C=O) groups excluding carboxylic acids is 1. The molecular weight excluding hydrogens is 298 g/mol. The molecule has 1 N–H and O–H groups in total. The fraction of sp³-hybridized carbons (Fsp3) is 0.417. The van der Waals surface area contributed by atoms with Crippen LogP contribution in [-0.4, -0.2) is 50.6 Å². The lowest BCUT2D eigenvalue weighted by atomic mass is 10.3. The van der Waals surface area contributed by atoms with Crippen LogP contribution >= 0.6 is 11.8 Å². The second-order valence-electron chi connectivity index (χ2n) is 4.28. The largest absolute Gasteiger partial charge is 0.481 e. The van der Waals surface area contributed by atoms with Gasteiger partial charge in [-0.3, -0.25) is 19.7 Å². The predicted molar refractivity (Wildman–Crippen MR) is 76.1 cm³/mol. The Bertz CT molecular complexity index is 534. The van der Waals surface area contributed by atoms with Gasteiger partial charge in [0.1, 0.15) is 6.20 Å². The fourth-order valence-corrected chi connectivity index (χ4v) is 2.37. The molecule has 1 rings (SSSR count). The van der Waals surface area contributed by atoms with Crippen LogP contribution in [0.1, 0.15) is 13.3 Å². The highest BCUT2D eigenvalue weighted by molar-refractivity contribution is 8.00. The van der Waals surface area contributed by atoms with E-state index in [1.54, 1.807) is 6.92 Å². The van der Waals surface area contributed by atoms with Crippen molar-refractivity contribution >= 4 is 29.3 Å². The number of carboxylic acid groups (broad SMARTS) is 1. The van der Waals surface area contributed by atoms with Crippen molar-refractivity contribution in [2.24, 2.45) is 0 Å². The first-order valence-corrected chi connectivity index (χ1v) is 6.93. The number of aromatic nitrogens is 1. The monoisotopic (exact) mass is 313 g/mol. The first-order valence-electron chi connectivity index (χ1n) is 6.05. The van der Waals surface area contributed by atoms with Gasteiger partial charge in [0.25, 0.3) is 5.69 Å². The summed E-state index contributed by atoms with van der Waals surface area (Å²) < 4.78 is 0. The number of amides is 1. The second-order valence-corrected chi connectivity index (χ2v) is 5.64. The highest BCUT2D eigenvalue weighted by Gasteiger charge is 2.20. The number of thioether (sulfide) groups is 1. The zero-order valence-corrected chi connectivity index (χ0v) is 12.4. The molecule has 0 saturated carbocycles. The third kappa shape index (κ3) is 5.38. The van der Waals surface area contributed by atoms with E-state index in [1.165, 1.54) is 24.1 Å². The molecule has 1 aromatic heterocycles. The molecule has 0 aromatic carbocycles. The summed E-state index contributed by atoms with van der Waals surface area (Å²) in [4.78, 5) is 37.7. The fourth-order valence-electron chi connectivity index (χ4n) is 1.47. The number of nitrogens with zero attached hydrogens (tertiary/aromatic N) is 3. The van der Waals surface area contributed by atoms with Crippen LogP contribution in [0.25, 0.3) is 0 Å². The third-order valence-corrected chi connectivity index (χ3v) is 3.65. The van der Waals surface area contributed by atoms with E-state index in [0.29, 0.717) is 5.03 Å². The van der Waals surface area contributed by atoms with E-state index >= 15 is 0 Å². The van der Waals surface area contributed by atoms with E-state index in [1.807, 2.05) is 0 Å². The number of carbonyl (C=O) groups is 2. The van der Waals surface area contributed by atoms with Crippen molar-refractivity contribution in [3.63, 3.8) is 0 Å². The first-order chi connectivity index (χ1) is 9.81. The number of nitro groups is 1. The third-order valence-electron chi connectivity index (χ3n) is 2.61. The summed E-state index contributed by atoms with van der Waals surface area (Å²) in [5.74, 6) is -1.19. The van der Waals surface area contributed by atoms with Crippen LogP contribution in [0.4, 0.5) is 5.69 Å². The summed E-state index contributed by atoms with van der Waals surface area (Å²) in [7, 11) is 1.53. The minimum atomic E-state index is -0.966. The summed E-state index contributed by atoms with van der Waals surface area (Å²) in [6.07, 6.45) is 1.02. The standard InChI is InChI=1S/C12H15N3O5S/c1-8(12(18)14(2)6-5-11(16)17)21-10-4-3-9(7-13-10)15(19)20/h3-4,7-8H,5-6H2,1-2H3,(H,16,17). The van der Waals surface area contributed by atoms with Crippen molar-refractivity contribution in [2.75, 3.05) is 13.6 Å². The zero-order valence-electron chi connectivity index (χ0n) is 11.6. The Morgan fingerprint density at radius 3 is 2.67 bits per heavy atom. The van der Waals surface area contributed by atoms with E-state index in [2.05, 4.69) is 4.98 Å². The van der Waals surface area contributed by atoms with Gasteiger partial charge in [-0.25, -0.2) is 4.98 Å². The van der Waals surface area contributed by atoms with Gasteiger partial charge in [0.2, 0.25) is 5.91 Å². The molecular formula is C12H15N3O5S. The number of hydrogen-bond acceptors (Lipinski definition) is 6. The molecule has 0 aliphatic carbocycles. The van der Waals surface area contributed by atoms with Crippen molar-refractivity contribution < 1.29 is 19.6 Å². The average Bonchev–Trinajstić information content (AvgIpc) is 2.44. The molecule has 0 aliphatic rings. The number of aliphatic carboxylic acids is 1. The molecule has 0 aliphatic heterocycles. The maximum absolute atomic E-state index is 12.0. The molecule has 0 fully saturated rings. The van der Waals surface area contributed by atoms with Gasteiger partial charge in [0, 0.05) is 19.7 Å². The zero-order chi connectivity index (χ0) is 16.0. The van der Waals surface area contributed by atoms with Crippen LogP contribution < -0.4 is 0 Å². The first kappa shape index (κ1) is 16.9. The van der Waals surface area contributed by atoms with E-state index in [9.17, 15) is 19.7 Å². The molecule has 1 amide bonds. The van der Waals surface area contributed by atoms with Crippen molar-refractivity contribution in [1.82, 2.24) is 9.88 Å². The number of pyridine rings is 1. The summed E-state index contributed by atoms with van der Waals surface area (Å²) in [6.45, 7) is 1.81. The van der Waals surface area contributed by atoms with E-state index in [-0.39, 0.29) is 24.6 Å². The molecule has 114 valence electrons. The van der Waals surface area contributed by atoms with Gasteiger partial charge in [-0.1, -0.05) is 11.8 Å². The number of rotatable bonds is 7. The summed E-state index contributed by atoms with van der Waals surface area (Å²) in [5.41, 5.74) is -0.114. The van der Waals surface area contributed by atoms with E-state index in [4.69, 9.17) is 5.11 Å². The van der Waals surface area contributed by atoms with Crippen molar-refractivity contribution in [3.05, 3.63) is 28.4 Å². The summed E-state index contributed by atoms with van der Waals surface area (Å²) >= 11 is 1.16. The van der Waals surface area contributed by atoms with Crippen LogP contribution in [0.3, 0.4) is 0 Å². The van der Waals surface area contributed by atoms with E-state index < -0.39 is 16.1 Å². The summed E-state index contributed by atoms with van der Waals surface area (Å²) in [6, 6.07) is 2.80. The maximum atomic E-state index is 12.0. The molecule has 1 unspecified atom stereocenters. The van der Waals surface area contributed by atoms with Crippen LogP contribution in [0.5, 0.6) is 0 Å². The normalized spacial score (nSPS) is 11.7. The van der Waals surface area contributed by atoms with Crippen LogP contribution in [-0.2, 0) is 9.59 Å². The lowest BCUT2D eigenvalue weighted by Gasteiger charge is -2.20. The lowest BCUT2D eigenvalue weighted by Crippen LogP contribution is -2.34. The minimum Gasteiger partial charge on any atom is -0.481 e. The molecule has 9 heteroatoms. The van der Waals surface area contributed by atoms with Gasteiger partial charge < -0.3 is 10.0 Å². The van der Waals surface area contributed by atoms with Gasteiger partial charge in [0.05, 0.1) is 21.6 Å². The molecule has 1 aromatic rings. The molecule has 1 atom stereocenters. The highest BCUT2D eigenvalue weighted by atomic mass is 32.2. The highest BCUT2D eigenvalue weighted by Crippen LogP contribution is 2.23. The molecule has 0 saturated heterocycles. The lowest BCUT2D eigenvalue weighted by molar-refractivity contribution is -0.385. The van der Waals surface area contributed by atoms with Crippen LogP contribution in [0, 0.1) is 10.1 Å². The number of hydrogen-bond donors (Lipinski definition) is 1. The van der Waals surface area contributed by atoms with Gasteiger partial charge in [0.15, 0.2) is 0 Å². The van der Waals surface area contributed by atoms with Gasteiger partial charge in [-0.05, 0) is 13.0 Å². The smallest absolute Gasteiger partial charge is 0.305 e. The van der Waals surface area contributed by atoms with Crippen molar-refractivity contribution in [3.8, 4) is 0 Å². The average molecular weight is 313 g/mol. The molecule has 21 heavy (non-hydrogen) atoms. The molecule has 0 bridgehead atoms. The Morgan fingerprint density at radius 2 is 2.19 bits per heavy atom. The predicted octanol–water partition coefficient (Wildman–Crippen LogP) is 1.40. The molecule has 1 heterocycles. The van der Waals surface area contributed by atoms with Crippen molar-refractivity contribution in [2.45, 2.75) is 23.6 Å². The van der Waals surface area contributed by atoms with Gasteiger partial charge in [-0.2, -0.15) is 0 Å².